The summed E-state index contributed by atoms with van der Waals surface area (Å²) in [5.41, 5.74) is 6.58. The van der Waals surface area contributed by atoms with Crippen molar-refractivity contribution in [3.8, 4) is 0 Å². The molecule has 2 aliphatic heterocycles. The summed E-state index contributed by atoms with van der Waals surface area (Å²) >= 11 is 0. The van der Waals surface area contributed by atoms with Gasteiger partial charge >= 0.3 is 18.1 Å². The lowest BCUT2D eigenvalue weighted by Crippen LogP contribution is -2.54. The predicted octanol–water partition coefficient (Wildman–Crippen LogP) is 6.28. The zero-order valence-electron chi connectivity index (χ0n) is 48.9. The molecule has 0 spiro atoms. The zero-order chi connectivity index (χ0) is 60.4. The van der Waals surface area contributed by atoms with Crippen LogP contribution in [0.25, 0.3) is 21.9 Å². The third-order valence-corrected chi connectivity index (χ3v) is 13.8. The molecule has 1 fully saturated rings. The van der Waals surface area contributed by atoms with E-state index < -0.39 is 65.1 Å². The van der Waals surface area contributed by atoms with E-state index in [-0.39, 0.29) is 81.6 Å². The van der Waals surface area contributed by atoms with Gasteiger partial charge in [-0.2, -0.15) is 0 Å². The van der Waals surface area contributed by atoms with E-state index >= 15 is 0 Å². The van der Waals surface area contributed by atoms with Crippen LogP contribution in [0.15, 0.2) is 60.7 Å². The molecule has 2 aromatic carbocycles. The Balaban J connectivity index is 0.999. The molecule has 450 valence electrons. The zero-order valence-corrected chi connectivity index (χ0v) is 48.9. The summed E-state index contributed by atoms with van der Waals surface area (Å²) in [7, 11) is 0. The molecule has 0 unspecified atom stereocenters. The van der Waals surface area contributed by atoms with Gasteiger partial charge in [0.05, 0.1) is 23.2 Å². The molecule has 24 heteroatoms. The van der Waals surface area contributed by atoms with Crippen LogP contribution in [0.2, 0.25) is 0 Å². The number of hydrogen-bond acceptors (Lipinski definition) is 15. The molecule has 83 heavy (non-hydrogen) atoms. The van der Waals surface area contributed by atoms with Crippen LogP contribution < -0.4 is 32.3 Å². The molecule has 6 rings (SSSR count). The largest absolute Gasteiger partial charge is 0.461 e. The average Bonchev–Trinajstić information content (AvgIpc) is 3.21. The normalized spacial score (nSPS) is 15.2. The topological polar surface area (TPSA) is 314 Å². The van der Waals surface area contributed by atoms with Crippen molar-refractivity contribution in [3.05, 3.63) is 72.1 Å². The molecule has 0 bridgehead atoms. The number of imidazole rings is 1. The number of likely N-dealkylation sites (tertiary alicyclic amines) is 1. The van der Waals surface area contributed by atoms with Crippen molar-refractivity contribution in [1.82, 2.24) is 40.3 Å². The number of para-hydroxylation sites is 1. The molecule has 2 aromatic heterocycles. The number of hydrogen-bond donors (Lipinski definition) is 6. The van der Waals surface area contributed by atoms with Gasteiger partial charge in [0.25, 0.3) is 11.8 Å². The number of anilines is 2. The first kappa shape index (κ1) is 64.2. The summed E-state index contributed by atoms with van der Waals surface area (Å²) in [6.07, 6.45) is 5.54. The van der Waals surface area contributed by atoms with Crippen molar-refractivity contribution in [2.24, 2.45) is 11.7 Å². The van der Waals surface area contributed by atoms with Crippen LogP contribution in [-0.4, -0.2) is 140 Å². The van der Waals surface area contributed by atoms with Crippen molar-refractivity contribution in [3.63, 3.8) is 0 Å². The van der Waals surface area contributed by atoms with Crippen molar-refractivity contribution in [2.45, 2.75) is 169 Å². The quantitative estimate of drug-likeness (QED) is 0.0190. The van der Waals surface area contributed by atoms with Gasteiger partial charge in [0.1, 0.15) is 48.3 Å². The number of carbonyl (C=O) groups excluding carboxylic acids is 9. The number of pyridine rings is 1. The smallest absolute Gasteiger partial charge is 0.410 e. The number of carbonyl (C=O) groups is 9. The third kappa shape index (κ3) is 19.0. The number of nitrogens with two attached hydrogens (primary N) is 1. The van der Waals surface area contributed by atoms with Gasteiger partial charge in [0.2, 0.25) is 23.6 Å². The highest BCUT2D eigenvalue weighted by molar-refractivity contribution is 6.13. The van der Waals surface area contributed by atoms with E-state index in [2.05, 4.69) is 26.6 Å². The first-order chi connectivity index (χ1) is 39.4. The number of amides is 9. The summed E-state index contributed by atoms with van der Waals surface area (Å²) in [5.74, 6) is -2.52. The number of unbranched alkanes of at least 4 members (excludes halogenated alkanes) is 2. The summed E-state index contributed by atoms with van der Waals surface area (Å²) in [6, 6.07) is 10.7. The van der Waals surface area contributed by atoms with Crippen LogP contribution in [0.3, 0.4) is 0 Å². The fraction of sp³-hybridized carbons (Fsp3) is 0.542. The van der Waals surface area contributed by atoms with E-state index in [1.165, 1.54) is 17.1 Å². The Labute approximate surface area is 483 Å². The number of esters is 1. The maximum absolute atomic E-state index is 13.9. The molecule has 0 saturated carbocycles. The Morgan fingerprint density at radius 3 is 2.23 bits per heavy atom. The number of benzene rings is 2. The third-order valence-electron chi connectivity index (χ3n) is 13.8. The molecule has 2 aliphatic rings. The minimum Gasteiger partial charge on any atom is -0.461 e. The maximum Gasteiger partial charge on any atom is 0.410 e. The molecule has 9 amide bonds. The first-order valence-electron chi connectivity index (χ1n) is 28.5. The van der Waals surface area contributed by atoms with Gasteiger partial charge in [-0.25, -0.2) is 19.6 Å². The Morgan fingerprint density at radius 2 is 1.54 bits per heavy atom. The highest BCUT2D eigenvalue weighted by atomic mass is 16.6. The lowest BCUT2D eigenvalue weighted by molar-refractivity contribution is -0.146. The lowest BCUT2D eigenvalue weighted by atomic mass is 10.0. The highest BCUT2D eigenvalue weighted by Gasteiger charge is 2.38. The fourth-order valence-electron chi connectivity index (χ4n) is 9.57. The second kappa shape index (κ2) is 29.8. The van der Waals surface area contributed by atoms with Gasteiger partial charge in [-0.1, -0.05) is 50.6 Å². The monoisotopic (exact) mass is 1150 g/mol. The van der Waals surface area contributed by atoms with Crippen molar-refractivity contribution < 1.29 is 62.1 Å². The van der Waals surface area contributed by atoms with Gasteiger partial charge in [0, 0.05) is 68.9 Å². The van der Waals surface area contributed by atoms with Crippen molar-refractivity contribution in [2.75, 3.05) is 43.5 Å². The molecule has 7 N–H and O–H groups in total. The average molecular weight is 1150 g/mol. The number of urea groups is 1. The van der Waals surface area contributed by atoms with Gasteiger partial charge in [-0.05, 0) is 116 Å². The molecule has 1 saturated heterocycles. The highest BCUT2D eigenvalue weighted by Crippen LogP contribution is 2.33. The van der Waals surface area contributed by atoms with E-state index in [0.717, 1.165) is 15.8 Å². The molecule has 24 nitrogen and oxygen atoms in total. The summed E-state index contributed by atoms with van der Waals surface area (Å²) in [5, 5.41) is 14.6. The molecular formula is C59H81N11O13. The summed E-state index contributed by atoms with van der Waals surface area (Å²) in [6.45, 7) is 16.6. The van der Waals surface area contributed by atoms with Crippen LogP contribution in [0.5, 0.6) is 0 Å². The SMILES string of the molecule is CCOCc1nc2c(NC(=O)[C@@H]3CCCN3C(=O)OC(C)(C)C)nc3ccccc3c2n1CC(C)(C)OCCCC(=O)OCc1ccc(NC(=O)[C@H](CCCNC(N)=O)NC(=O)[C@@H](NC(=O)CCCCCN2C(=O)C=CC2=O)C(C)C)cc1. The number of primary amides is 1. The summed E-state index contributed by atoms with van der Waals surface area (Å²) < 4.78 is 25.5. The van der Waals surface area contributed by atoms with E-state index in [4.69, 9.17) is 34.6 Å². The fourth-order valence-corrected chi connectivity index (χ4v) is 9.57. The lowest BCUT2D eigenvalue weighted by Gasteiger charge is -2.28. The van der Waals surface area contributed by atoms with E-state index in [9.17, 15) is 43.2 Å². The predicted molar refractivity (Wildman–Crippen MR) is 309 cm³/mol. The first-order valence-corrected chi connectivity index (χ1v) is 28.5. The number of fused-ring (bicyclic) bond motifs is 3. The Hall–Kier alpha value is -7.99. The van der Waals surface area contributed by atoms with Crippen LogP contribution in [0.1, 0.15) is 131 Å². The minimum absolute atomic E-state index is 0.0319. The van der Waals surface area contributed by atoms with E-state index in [0.29, 0.717) is 92.8 Å². The Bertz CT molecular complexity index is 2990. The van der Waals surface area contributed by atoms with E-state index in [1.54, 1.807) is 58.9 Å². The molecule has 0 aliphatic carbocycles. The standard InChI is InChI=1S/C59H81N11O13/c1-9-80-35-44-65-50-51(40-18-12-13-19-41(40)63-52(50)67-54(76)43-21-16-32-68(43)57(79)83-58(4,5)6)70(44)36-59(7,8)82-33-17-23-48(74)81-34-38-24-26-39(27-25-38)62-53(75)42(20-15-30-61-56(60)78)64-55(77)49(37(2)3)66-45(71)22-11-10-14-31-69-46(72)28-29-47(69)73/h12-13,18-19,24-29,37,42-43,49H,9-11,14-17,20-23,30-36H2,1-8H3,(H,62,75)(H,64,77)(H,66,71)(H3,60,61,78)(H,63,67,76)/t42-,43-,49-/m0/s1. The van der Waals surface area contributed by atoms with Crippen LogP contribution in [0, 0.1) is 5.92 Å². The van der Waals surface area contributed by atoms with Crippen LogP contribution in [-0.2, 0) is 72.3 Å². The number of nitrogens with zero attached hydrogens (tertiary/aromatic N) is 5. The maximum atomic E-state index is 13.9. The van der Waals surface area contributed by atoms with Gasteiger partial charge in [0.15, 0.2) is 5.82 Å². The number of rotatable bonds is 30. The molecule has 3 atom stereocenters. The van der Waals surface area contributed by atoms with Crippen molar-refractivity contribution >= 4 is 87.0 Å². The summed E-state index contributed by atoms with van der Waals surface area (Å²) in [4.78, 5) is 128. The Morgan fingerprint density at radius 1 is 0.819 bits per heavy atom. The second-order valence-corrected chi connectivity index (χ2v) is 22.6. The molecule has 4 heterocycles. The minimum atomic E-state index is -1.06. The van der Waals surface area contributed by atoms with Crippen LogP contribution >= 0.6 is 0 Å². The number of imide groups is 1. The van der Waals surface area contributed by atoms with E-state index in [1.807, 2.05) is 49.6 Å². The molecule has 0 radical (unpaired) electrons. The number of aromatic nitrogens is 3. The van der Waals surface area contributed by atoms with Gasteiger partial charge in [-0.15, -0.1) is 0 Å². The molecular weight excluding hydrogens is 1070 g/mol. The van der Waals surface area contributed by atoms with Crippen LogP contribution in [0.4, 0.5) is 21.1 Å². The number of nitrogens with one attached hydrogen (secondary N) is 5. The van der Waals surface area contributed by atoms with Gasteiger partial charge in [-0.3, -0.25) is 43.4 Å². The molecule has 4 aromatic rings. The Kier molecular flexibility index (Phi) is 23.1. The number of ether oxygens (including phenoxy) is 4. The second-order valence-electron chi connectivity index (χ2n) is 22.6. The van der Waals surface area contributed by atoms with Crippen molar-refractivity contribution in [1.29, 1.82) is 0 Å². The van der Waals surface area contributed by atoms with Gasteiger partial charge < -0.3 is 55.8 Å².